The Morgan fingerprint density at radius 2 is 1.93 bits per heavy atom. The van der Waals surface area contributed by atoms with Gasteiger partial charge in [-0.15, -0.1) is 11.3 Å². The Kier molecular flexibility index (Phi) is 4.91. The predicted octanol–water partition coefficient (Wildman–Crippen LogP) is 4.72. The van der Waals surface area contributed by atoms with Crippen LogP contribution in [0.15, 0.2) is 63.7 Å². The maximum atomic E-state index is 13.2. The highest BCUT2D eigenvalue weighted by molar-refractivity contribution is 7.91. The predicted molar refractivity (Wildman–Crippen MR) is 109 cm³/mol. The molecule has 1 aliphatic heterocycles. The zero-order valence-electron chi connectivity index (χ0n) is 14.8. The van der Waals surface area contributed by atoms with Gasteiger partial charge >= 0.3 is 0 Å². The first-order valence-electron chi connectivity index (χ1n) is 8.46. The first kappa shape index (κ1) is 19.0. The van der Waals surface area contributed by atoms with Crippen molar-refractivity contribution in [3.05, 3.63) is 69.4 Å². The van der Waals surface area contributed by atoms with E-state index in [-0.39, 0.29) is 28.0 Å². The van der Waals surface area contributed by atoms with Crippen LogP contribution in [0.2, 0.25) is 5.02 Å². The maximum absolute atomic E-state index is 13.2. The zero-order chi connectivity index (χ0) is 19.9. The number of thiophene rings is 1. The summed E-state index contributed by atoms with van der Waals surface area (Å²) in [5.74, 6) is 0.120. The van der Waals surface area contributed by atoms with Crippen molar-refractivity contribution < 1.29 is 17.9 Å². The fourth-order valence-corrected chi connectivity index (χ4v) is 6.38. The minimum absolute atomic E-state index is 0.109. The number of amides is 1. The Labute approximate surface area is 171 Å². The number of nitrogens with one attached hydrogen (secondary N) is 1. The average Bonchev–Trinajstić information content (AvgIpc) is 3.12. The molecule has 0 radical (unpaired) electrons. The zero-order valence-corrected chi connectivity index (χ0v) is 17.2. The van der Waals surface area contributed by atoms with Crippen molar-refractivity contribution in [1.29, 1.82) is 0 Å². The van der Waals surface area contributed by atoms with Crippen molar-refractivity contribution in [2.24, 2.45) is 0 Å². The summed E-state index contributed by atoms with van der Waals surface area (Å²) in [7, 11) is -2.27. The van der Waals surface area contributed by atoms with Gasteiger partial charge in [-0.05, 0) is 42.0 Å². The molecule has 1 N–H and O–H groups in total. The average molecular weight is 434 g/mol. The van der Waals surface area contributed by atoms with E-state index in [0.29, 0.717) is 16.5 Å². The van der Waals surface area contributed by atoms with Crippen molar-refractivity contribution >= 4 is 44.4 Å². The monoisotopic (exact) mass is 433 g/mol. The minimum atomic E-state index is -3.79. The lowest BCUT2D eigenvalue weighted by Gasteiger charge is -2.24. The van der Waals surface area contributed by atoms with E-state index in [0.717, 1.165) is 10.4 Å². The van der Waals surface area contributed by atoms with Gasteiger partial charge in [-0.3, -0.25) is 4.79 Å². The van der Waals surface area contributed by atoms with E-state index < -0.39 is 9.84 Å². The normalized spacial score (nSPS) is 16.4. The Balaban J connectivity index is 1.80. The summed E-state index contributed by atoms with van der Waals surface area (Å²) < 4.78 is 31.4. The number of halogens is 1. The van der Waals surface area contributed by atoms with Gasteiger partial charge in [-0.2, -0.15) is 0 Å². The molecule has 144 valence electrons. The summed E-state index contributed by atoms with van der Waals surface area (Å²) in [6.07, 6.45) is 0.246. The molecule has 2 heterocycles. The van der Waals surface area contributed by atoms with Gasteiger partial charge in [0.05, 0.1) is 17.7 Å². The lowest BCUT2D eigenvalue weighted by Crippen LogP contribution is -2.23. The number of fused-ring (bicyclic) bond motifs is 1. The van der Waals surface area contributed by atoms with Crippen LogP contribution in [0.25, 0.3) is 0 Å². The molecule has 8 heteroatoms. The Morgan fingerprint density at radius 1 is 1.18 bits per heavy atom. The number of hydrogen-bond acceptors (Lipinski definition) is 5. The maximum Gasteiger partial charge on any atom is 0.225 e. The quantitative estimate of drug-likeness (QED) is 0.646. The Morgan fingerprint density at radius 3 is 2.61 bits per heavy atom. The smallest absolute Gasteiger partial charge is 0.225 e. The molecule has 0 saturated carbocycles. The lowest BCUT2D eigenvalue weighted by molar-refractivity contribution is -0.116. The number of hydrogen-bond donors (Lipinski definition) is 1. The van der Waals surface area contributed by atoms with Gasteiger partial charge < -0.3 is 10.1 Å². The second-order valence-electron chi connectivity index (χ2n) is 6.38. The number of ether oxygens (including phenoxy) is 1. The second kappa shape index (κ2) is 7.24. The van der Waals surface area contributed by atoms with Crippen LogP contribution in [0, 0.1) is 0 Å². The molecule has 0 fully saturated rings. The molecular formula is C20H16ClNO4S2. The minimum Gasteiger partial charge on any atom is -0.497 e. The summed E-state index contributed by atoms with van der Waals surface area (Å²) in [6, 6.07) is 13.5. The molecule has 0 bridgehead atoms. The number of benzene rings is 2. The first-order valence-corrected chi connectivity index (χ1v) is 11.2. The van der Waals surface area contributed by atoms with Crippen molar-refractivity contribution in [2.75, 3.05) is 12.4 Å². The van der Waals surface area contributed by atoms with Crippen molar-refractivity contribution in [1.82, 2.24) is 0 Å². The number of rotatable bonds is 4. The fourth-order valence-electron chi connectivity index (χ4n) is 3.28. The van der Waals surface area contributed by atoms with Crippen LogP contribution in [0.1, 0.15) is 22.8 Å². The van der Waals surface area contributed by atoms with Gasteiger partial charge in [-0.1, -0.05) is 23.7 Å². The molecule has 1 amide bonds. The number of anilines is 1. The van der Waals surface area contributed by atoms with E-state index in [1.165, 1.54) is 30.6 Å². The molecule has 1 aliphatic rings. The number of methoxy groups -OCH3 is 1. The molecule has 28 heavy (non-hydrogen) atoms. The van der Waals surface area contributed by atoms with Gasteiger partial charge in [0.1, 0.15) is 10.6 Å². The van der Waals surface area contributed by atoms with Crippen LogP contribution in [0.5, 0.6) is 5.75 Å². The molecule has 0 aliphatic carbocycles. The number of carbonyl (C=O) groups excluding carboxylic acids is 1. The van der Waals surface area contributed by atoms with Gasteiger partial charge in [0.15, 0.2) is 0 Å². The summed E-state index contributed by atoms with van der Waals surface area (Å²) in [5.41, 5.74) is 1.25. The molecule has 0 spiro atoms. The molecule has 1 aromatic heterocycles. The summed E-state index contributed by atoms with van der Waals surface area (Å²) in [5, 5.41) is 4.92. The highest BCUT2D eigenvalue weighted by Gasteiger charge is 2.34. The molecule has 1 atom stereocenters. The first-order chi connectivity index (χ1) is 13.4. The van der Waals surface area contributed by atoms with Crippen LogP contribution in [-0.2, 0) is 14.6 Å². The largest absolute Gasteiger partial charge is 0.497 e. The number of carbonyl (C=O) groups is 1. The van der Waals surface area contributed by atoms with Crippen LogP contribution in [-0.4, -0.2) is 21.4 Å². The van der Waals surface area contributed by atoms with E-state index in [2.05, 4.69) is 5.32 Å². The molecule has 0 saturated heterocycles. The summed E-state index contributed by atoms with van der Waals surface area (Å²) in [6.45, 7) is 0. The van der Waals surface area contributed by atoms with Crippen LogP contribution < -0.4 is 10.1 Å². The molecular weight excluding hydrogens is 418 g/mol. The summed E-state index contributed by atoms with van der Waals surface area (Å²) in [4.78, 5) is 13.4. The highest BCUT2D eigenvalue weighted by Crippen LogP contribution is 2.46. The van der Waals surface area contributed by atoms with Crippen molar-refractivity contribution in [2.45, 2.75) is 22.1 Å². The molecule has 2 aromatic carbocycles. The molecule has 4 rings (SSSR count). The topological polar surface area (TPSA) is 72.5 Å². The number of sulfone groups is 1. The van der Waals surface area contributed by atoms with Gasteiger partial charge in [0, 0.05) is 27.6 Å². The van der Waals surface area contributed by atoms with Crippen LogP contribution in [0.4, 0.5) is 5.69 Å². The third-order valence-electron chi connectivity index (χ3n) is 4.67. The Hall–Kier alpha value is -2.35. The summed E-state index contributed by atoms with van der Waals surface area (Å²) >= 11 is 7.44. The van der Waals surface area contributed by atoms with Gasteiger partial charge in [-0.25, -0.2) is 8.42 Å². The standard InChI is InChI=1S/C20H16ClNO4S2/c1-26-14-5-7-15(8-6-14)28(24,25)17-11-27-20-16(10-18(23)22-19(17)20)12-3-2-4-13(21)9-12/h2-9,11,16H,10H2,1H3,(H,22,23). The van der Waals surface area contributed by atoms with E-state index in [4.69, 9.17) is 16.3 Å². The third-order valence-corrected chi connectivity index (χ3v) is 7.94. The molecule has 1 unspecified atom stereocenters. The fraction of sp³-hybridized carbons (Fsp3) is 0.150. The highest BCUT2D eigenvalue weighted by atomic mass is 35.5. The molecule has 5 nitrogen and oxygen atoms in total. The second-order valence-corrected chi connectivity index (χ2v) is 9.64. The van der Waals surface area contributed by atoms with E-state index in [1.54, 1.807) is 23.6 Å². The molecule has 3 aromatic rings. The van der Waals surface area contributed by atoms with E-state index >= 15 is 0 Å². The van der Waals surface area contributed by atoms with Gasteiger partial charge in [0.2, 0.25) is 15.7 Å². The van der Waals surface area contributed by atoms with Crippen molar-refractivity contribution in [3.63, 3.8) is 0 Å². The van der Waals surface area contributed by atoms with Gasteiger partial charge in [0.25, 0.3) is 0 Å². The van der Waals surface area contributed by atoms with Crippen LogP contribution in [0.3, 0.4) is 0 Å². The third kappa shape index (κ3) is 3.30. The Bertz CT molecular complexity index is 1150. The van der Waals surface area contributed by atoms with E-state index in [1.807, 2.05) is 18.2 Å². The van der Waals surface area contributed by atoms with E-state index in [9.17, 15) is 13.2 Å². The SMILES string of the molecule is COc1ccc(S(=O)(=O)c2csc3c2NC(=O)CC3c2cccc(Cl)c2)cc1. The van der Waals surface area contributed by atoms with Crippen LogP contribution >= 0.6 is 22.9 Å². The van der Waals surface area contributed by atoms with Crippen molar-refractivity contribution in [3.8, 4) is 5.75 Å². The lowest BCUT2D eigenvalue weighted by atomic mass is 9.91.